The van der Waals surface area contributed by atoms with E-state index in [-0.39, 0.29) is 11.0 Å². The van der Waals surface area contributed by atoms with Crippen LogP contribution in [0.15, 0.2) is 27.1 Å². The van der Waals surface area contributed by atoms with E-state index >= 15 is 0 Å². The first-order chi connectivity index (χ1) is 10.9. The van der Waals surface area contributed by atoms with Gasteiger partial charge in [-0.05, 0) is 18.4 Å². The van der Waals surface area contributed by atoms with E-state index < -0.39 is 17.3 Å². The van der Waals surface area contributed by atoms with Gasteiger partial charge in [0.15, 0.2) is 0 Å². The second-order valence-corrected chi connectivity index (χ2v) is 6.61. The summed E-state index contributed by atoms with van der Waals surface area (Å²) in [6.07, 6.45) is -4.67. The van der Waals surface area contributed by atoms with Gasteiger partial charge in [-0.2, -0.15) is 13.2 Å². The summed E-state index contributed by atoms with van der Waals surface area (Å²) < 4.78 is 43.8. The molecule has 0 saturated carbocycles. The molecule has 3 aromatic rings. The summed E-state index contributed by atoms with van der Waals surface area (Å²) >= 11 is 2.38. The van der Waals surface area contributed by atoms with Crippen molar-refractivity contribution >= 4 is 23.1 Å². The molecule has 2 N–H and O–H groups in total. The van der Waals surface area contributed by atoms with E-state index in [0.717, 1.165) is 16.6 Å². The van der Waals surface area contributed by atoms with Crippen molar-refractivity contribution in [3.63, 3.8) is 0 Å². The van der Waals surface area contributed by atoms with E-state index in [2.05, 4.69) is 20.4 Å². The number of nitrogens with zero attached hydrogens (tertiary/aromatic N) is 5. The second-order valence-electron chi connectivity index (χ2n) is 4.36. The van der Waals surface area contributed by atoms with Crippen LogP contribution in [0.4, 0.5) is 13.2 Å². The Bertz CT molecular complexity index is 797. The first-order valence-electron chi connectivity index (χ1n) is 6.18. The SMILES string of the molecule is C[C@@H](Sc1nnc(C(F)(F)F)n1N)c1nnc(-c2cccs2)o1. The number of aromatic nitrogens is 5. The van der Waals surface area contributed by atoms with Crippen LogP contribution < -0.4 is 5.84 Å². The third-order valence-electron chi connectivity index (χ3n) is 2.72. The topological polar surface area (TPSA) is 95.7 Å². The van der Waals surface area contributed by atoms with Crippen LogP contribution in [0, 0.1) is 0 Å². The number of rotatable bonds is 4. The molecule has 1 atom stereocenters. The number of halogens is 3. The molecular formula is C11H9F3N6OS2. The van der Waals surface area contributed by atoms with Crippen molar-refractivity contribution in [2.24, 2.45) is 0 Å². The molecule has 0 amide bonds. The summed E-state index contributed by atoms with van der Waals surface area (Å²) in [5, 5.41) is 15.7. The van der Waals surface area contributed by atoms with E-state index in [9.17, 15) is 13.2 Å². The zero-order valence-electron chi connectivity index (χ0n) is 11.5. The van der Waals surface area contributed by atoms with Crippen molar-refractivity contribution in [2.45, 2.75) is 23.5 Å². The Morgan fingerprint density at radius 3 is 2.70 bits per heavy atom. The van der Waals surface area contributed by atoms with Gasteiger partial charge in [-0.1, -0.05) is 17.8 Å². The van der Waals surface area contributed by atoms with Crippen molar-refractivity contribution in [3.05, 3.63) is 29.2 Å². The fourth-order valence-corrected chi connectivity index (χ4v) is 3.10. The van der Waals surface area contributed by atoms with Crippen molar-refractivity contribution < 1.29 is 17.6 Å². The van der Waals surface area contributed by atoms with E-state index in [1.807, 2.05) is 17.5 Å². The van der Waals surface area contributed by atoms with Gasteiger partial charge >= 0.3 is 6.18 Å². The number of hydrogen-bond acceptors (Lipinski definition) is 8. The molecule has 3 rings (SSSR count). The van der Waals surface area contributed by atoms with Crippen LogP contribution in [0.1, 0.15) is 23.9 Å². The molecule has 0 aliphatic carbocycles. The maximum Gasteiger partial charge on any atom is 0.453 e. The number of hydrogen-bond donors (Lipinski definition) is 1. The minimum atomic E-state index is -4.67. The smallest absolute Gasteiger partial charge is 0.419 e. The molecule has 0 spiro atoms. The predicted molar refractivity (Wildman–Crippen MR) is 77.1 cm³/mol. The predicted octanol–water partition coefficient (Wildman–Crippen LogP) is 2.98. The normalized spacial score (nSPS) is 13.4. The third-order valence-corrected chi connectivity index (χ3v) is 4.62. The summed E-state index contributed by atoms with van der Waals surface area (Å²) in [6, 6.07) is 3.67. The Balaban J connectivity index is 1.77. The number of alkyl halides is 3. The Kier molecular flexibility index (Phi) is 4.02. The number of thiophene rings is 1. The first kappa shape index (κ1) is 15.8. The molecule has 23 heavy (non-hydrogen) atoms. The fourth-order valence-electron chi connectivity index (χ4n) is 1.66. The van der Waals surface area contributed by atoms with E-state index in [0.29, 0.717) is 10.6 Å². The van der Waals surface area contributed by atoms with Gasteiger partial charge in [-0.3, -0.25) is 0 Å². The zero-order valence-corrected chi connectivity index (χ0v) is 13.1. The Labute approximate surface area is 135 Å². The Hall–Kier alpha value is -2.08. The lowest BCUT2D eigenvalue weighted by Gasteiger charge is -2.07. The molecule has 0 fully saturated rings. The van der Waals surface area contributed by atoms with Gasteiger partial charge < -0.3 is 10.3 Å². The second kappa shape index (κ2) is 5.85. The highest BCUT2D eigenvalue weighted by Gasteiger charge is 2.38. The van der Waals surface area contributed by atoms with Crippen LogP contribution in [-0.2, 0) is 6.18 Å². The highest BCUT2D eigenvalue weighted by atomic mass is 32.2. The average Bonchev–Trinajstić information content (AvgIpc) is 3.17. The Morgan fingerprint density at radius 1 is 1.30 bits per heavy atom. The van der Waals surface area contributed by atoms with Gasteiger partial charge in [0, 0.05) is 0 Å². The van der Waals surface area contributed by atoms with Crippen molar-refractivity contribution in [2.75, 3.05) is 5.84 Å². The summed E-state index contributed by atoms with van der Waals surface area (Å²) in [7, 11) is 0. The maximum absolute atomic E-state index is 12.6. The third kappa shape index (κ3) is 3.17. The molecule has 3 heterocycles. The molecule has 122 valence electrons. The van der Waals surface area contributed by atoms with E-state index in [4.69, 9.17) is 10.3 Å². The lowest BCUT2D eigenvalue weighted by Crippen LogP contribution is -2.21. The zero-order chi connectivity index (χ0) is 16.6. The maximum atomic E-state index is 12.6. The molecule has 0 aliphatic heterocycles. The molecule has 0 aromatic carbocycles. The lowest BCUT2D eigenvalue weighted by atomic mass is 10.5. The van der Waals surface area contributed by atoms with Crippen molar-refractivity contribution in [1.82, 2.24) is 25.1 Å². The highest BCUT2D eigenvalue weighted by Crippen LogP contribution is 2.36. The summed E-state index contributed by atoms with van der Waals surface area (Å²) in [4.78, 5) is 0.808. The van der Waals surface area contributed by atoms with Gasteiger partial charge in [-0.15, -0.1) is 31.7 Å². The van der Waals surface area contributed by atoms with Gasteiger partial charge in [0.2, 0.25) is 11.0 Å². The molecular weight excluding hydrogens is 353 g/mol. The lowest BCUT2D eigenvalue weighted by molar-refractivity contribution is -0.146. The first-order valence-corrected chi connectivity index (χ1v) is 7.94. The minimum absolute atomic E-state index is 0.0966. The quantitative estimate of drug-likeness (QED) is 0.563. The largest absolute Gasteiger partial charge is 0.453 e. The van der Waals surface area contributed by atoms with E-state index in [1.54, 1.807) is 6.92 Å². The highest BCUT2D eigenvalue weighted by molar-refractivity contribution is 7.99. The number of nitrogen functional groups attached to an aromatic ring is 1. The van der Waals surface area contributed by atoms with Crippen LogP contribution in [0.2, 0.25) is 0 Å². The molecule has 12 heteroatoms. The van der Waals surface area contributed by atoms with Crippen molar-refractivity contribution in [3.8, 4) is 10.8 Å². The monoisotopic (exact) mass is 362 g/mol. The molecule has 3 aromatic heterocycles. The van der Waals surface area contributed by atoms with Gasteiger partial charge in [0.25, 0.3) is 11.7 Å². The summed E-state index contributed by atoms with van der Waals surface area (Å²) in [5.74, 6) is 4.73. The van der Waals surface area contributed by atoms with Crippen LogP contribution in [-0.4, -0.2) is 25.1 Å². The molecule has 0 radical (unpaired) electrons. The summed E-state index contributed by atoms with van der Waals surface area (Å²) in [6.45, 7) is 1.69. The molecule has 0 unspecified atom stereocenters. The van der Waals surface area contributed by atoms with Crippen LogP contribution in [0.5, 0.6) is 0 Å². The number of nitrogens with two attached hydrogens (primary N) is 1. The minimum Gasteiger partial charge on any atom is -0.419 e. The summed E-state index contributed by atoms with van der Waals surface area (Å²) in [5.41, 5.74) is 0. The Morgan fingerprint density at radius 2 is 2.09 bits per heavy atom. The van der Waals surface area contributed by atoms with Crippen molar-refractivity contribution in [1.29, 1.82) is 0 Å². The standard InChI is InChI=1S/C11H9F3N6OS2/c1-5(7-16-17-8(21-7)6-3-2-4-22-6)23-10-19-18-9(20(10)15)11(12,13)14/h2-5H,15H2,1H3/t5-/m1/s1. The molecule has 0 bridgehead atoms. The van der Waals surface area contributed by atoms with Gasteiger partial charge in [-0.25, -0.2) is 4.68 Å². The number of thioether (sulfide) groups is 1. The molecule has 0 aliphatic rings. The van der Waals surface area contributed by atoms with Gasteiger partial charge in [0.1, 0.15) is 0 Å². The fraction of sp³-hybridized carbons (Fsp3) is 0.273. The van der Waals surface area contributed by atoms with Crippen LogP contribution in [0.3, 0.4) is 0 Å². The molecule has 7 nitrogen and oxygen atoms in total. The van der Waals surface area contributed by atoms with E-state index in [1.165, 1.54) is 11.3 Å². The molecule has 0 saturated heterocycles. The van der Waals surface area contributed by atoms with Gasteiger partial charge in [0.05, 0.1) is 10.1 Å². The van der Waals surface area contributed by atoms with Crippen LogP contribution >= 0.6 is 23.1 Å². The average molecular weight is 362 g/mol. The van der Waals surface area contributed by atoms with Crippen LogP contribution in [0.25, 0.3) is 10.8 Å².